The van der Waals surface area contributed by atoms with Gasteiger partial charge in [-0.05, 0) is 47.4 Å². The van der Waals surface area contributed by atoms with Gasteiger partial charge in [-0.3, -0.25) is 0 Å². The average molecular weight is 411 g/mol. The van der Waals surface area contributed by atoms with Crippen LogP contribution in [0.4, 0.5) is 0 Å². The van der Waals surface area contributed by atoms with E-state index in [2.05, 4.69) is 100 Å². The van der Waals surface area contributed by atoms with Crippen LogP contribution in [-0.4, -0.2) is 7.05 Å². The van der Waals surface area contributed by atoms with Crippen LogP contribution in [0.25, 0.3) is 0 Å². The van der Waals surface area contributed by atoms with Gasteiger partial charge in [0.15, 0.2) is 0 Å². The monoisotopic (exact) mass is 409 g/mol. The zero-order valence-corrected chi connectivity index (χ0v) is 16.0. The Labute approximate surface area is 144 Å². The van der Waals surface area contributed by atoms with Gasteiger partial charge in [0.05, 0.1) is 6.04 Å². The minimum absolute atomic E-state index is 0.187. The molecule has 0 aliphatic rings. The summed E-state index contributed by atoms with van der Waals surface area (Å²) in [7, 11) is 2.00. The van der Waals surface area contributed by atoms with Gasteiger partial charge in [-0.25, -0.2) is 0 Å². The zero-order valence-electron chi connectivity index (χ0n) is 12.9. The largest absolute Gasteiger partial charge is 0.309 e. The molecular weight excluding hydrogens is 390 g/mol. The lowest BCUT2D eigenvalue weighted by Crippen LogP contribution is -2.18. The maximum absolute atomic E-state index is 3.56. The molecule has 0 spiro atoms. The number of halogens is 2. The molecule has 1 unspecified atom stereocenters. The van der Waals surface area contributed by atoms with E-state index in [0.717, 1.165) is 8.95 Å². The van der Waals surface area contributed by atoms with Crippen molar-refractivity contribution < 1.29 is 0 Å². The topological polar surface area (TPSA) is 12.0 Å². The van der Waals surface area contributed by atoms with Crippen molar-refractivity contribution in [1.82, 2.24) is 5.32 Å². The van der Waals surface area contributed by atoms with E-state index in [1.54, 1.807) is 0 Å². The molecule has 1 N–H and O–H groups in total. The van der Waals surface area contributed by atoms with Crippen LogP contribution in [0.2, 0.25) is 0 Å². The third-order valence-corrected chi connectivity index (χ3v) is 4.53. The molecule has 21 heavy (non-hydrogen) atoms. The average Bonchev–Trinajstić information content (AvgIpc) is 2.38. The maximum atomic E-state index is 3.56. The minimum Gasteiger partial charge on any atom is -0.309 e. The zero-order chi connectivity index (χ0) is 15.6. The number of rotatable bonds is 3. The Kier molecular flexibility index (Phi) is 5.29. The van der Waals surface area contributed by atoms with Gasteiger partial charge in [-0.1, -0.05) is 76.9 Å². The number of hydrogen-bond donors (Lipinski definition) is 1. The van der Waals surface area contributed by atoms with E-state index in [-0.39, 0.29) is 11.5 Å². The second-order valence-electron chi connectivity index (χ2n) is 6.30. The van der Waals surface area contributed by atoms with Crippen molar-refractivity contribution in [1.29, 1.82) is 0 Å². The molecule has 0 radical (unpaired) electrons. The summed E-state index contributed by atoms with van der Waals surface area (Å²) >= 11 is 7.13. The Morgan fingerprint density at radius 2 is 1.38 bits per heavy atom. The van der Waals surface area contributed by atoms with Gasteiger partial charge in [-0.2, -0.15) is 0 Å². The highest BCUT2D eigenvalue weighted by molar-refractivity contribution is 9.11. The van der Waals surface area contributed by atoms with Gasteiger partial charge in [0.2, 0.25) is 0 Å². The molecular formula is C18H21Br2N. The molecule has 2 rings (SSSR count). The molecule has 0 aliphatic carbocycles. The first-order valence-corrected chi connectivity index (χ1v) is 8.63. The quantitative estimate of drug-likeness (QED) is 0.672. The summed E-state index contributed by atoms with van der Waals surface area (Å²) in [6.07, 6.45) is 0. The Hall–Kier alpha value is -0.640. The molecule has 0 saturated carbocycles. The number of hydrogen-bond acceptors (Lipinski definition) is 1. The van der Waals surface area contributed by atoms with E-state index >= 15 is 0 Å². The summed E-state index contributed by atoms with van der Waals surface area (Å²) in [4.78, 5) is 0. The highest BCUT2D eigenvalue weighted by atomic mass is 79.9. The van der Waals surface area contributed by atoms with E-state index in [4.69, 9.17) is 0 Å². The first-order valence-electron chi connectivity index (χ1n) is 7.05. The van der Waals surface area contributed by atoms with Gasteiger partial charge in [-0.15, -0.1) is 0 Å². The summed E-state index contributed by atoms with van der Waals surface area (Å²) in [6, 6.07) is 15.5. The second-order valence-corrected chi connectivity index (χ2v) is 8.13. The Morgan fingerprint density at radius 3 is 1.81 bits per heavy atom. The van der Waals surface area contributed by atoms with Crippen molar-refractivity contribution in [2.45, 2.75) is 32.2 Å². The van der Waals surface area contributed by atoms with Gasteiger partial charge in [0.25, 0.3) is 0 Å². The molecule has 112 valence electrons. The summed E-state index contributed by atoms with van der Waals surface area (Å²) in [5.74, 6) is 0. The molecule has 0 aromatic heterocycles. The highest BCUT2D eigenvalue weighted by Crippen LogP contribution is 2.29. The van der Waals surface area contributed by atoms with Crippen molar-refractivity contribution in [2.24, 2.45) is 0 Å². The Balaban J connectivity index is 2.37. The summed E-state index contributed by atoms with van der Waals surface area (Å²) in [6.45, 7) is 6.72. The maximum Gasteiger partial charge on any atom is 0.0575 e. The molecule has 1 nitrogen and oxygen atoms in total. The number of benzene rings is 2. The minimum atomic E-state index is 0.187. The van der Waals surface area contributed by atoms with Crippen LogP contribution < -0.4 is 5.32 Å². The molecule has 2 aromatic rings. The standard InChI is InChI=1S/C18H21Br2N/c1-18(2,3)14-7-5-12(6-8-14)17(21-4)13-9-15(19)11-16(20)10-13/h5-11,17,21H,1-4H3. The predicted octanol–water partition coefficient (Wildman–Crippen LogP) is 5.82. The lowest BCUT2D eigenvalue weighted by atomic mass is 9.86. The van der Waals surface area contributed by atoms with Crippen molar-refractivity contribution in [3.05, 3.63) is 68.1 Å². The van der Waals surface area contributed by atoms with Crippen LogP contribution in [0.15, 0.2) is 51.4 Å². The molecule has 0 aliphatic heterocycles. The van der Waals surface area contributed by atoms with Crippen LogP contribution in [0, 0.1) is 0 Å². The molecule has 0 fully saturated rings. The van der Waals surface area contributed by atoms with Crippen LogP contribution in [0.5, 0.6) is 0 Å². The molecule has 0 saturated heterocycles. The normalized spacial score (nSPS) is 13.2. The Morgan fingerprint density at radius 1 is 0.857 bits per heavy atom. The molecule has 2 aromatic carbocycles. The van der Waals surface area contributed by atoms with Gasteiger partial charge < -0.3 is 5.32 Å². The van der Waals surface area contributed by atoms with E-state index in [1.807, 2.05) is 7.05 Å². The molecule has 0 bridgehead atoms. The lowest BCUT2D eigenvalue weighted by molar-refractivity contribution is 0.589. The summed E-state index contributed by atoms with van der Waals surface area (Å²) in [5.41, 5.74) is 4.06. The van der Waals surface area contributed by atoms with Gasteiger partial charge in [0.1, 0.15) is 0 Å². The fraction of sp³-hybridized carbons (Fsp3) is 0.333. The van der Waals surface area contributed by atoms with Crippen LogP contribution in [0.3, 0.4) is 0 Å². The van der Waals surface area contributed by atoms with Gasteiger partial charge in [0, 0.05) is 8.95 Å². The lowest BCUT2D eigenvalue weighted by Gasteiger charge is -2.22. The summed E-state index contributed by atoms with van der Waals surface area (Å²) < 4.78 is 2.16. The van der Waals surface area contributed by atoms with E-state index in [9.17, 15) is 0 Å². The first kappa shape index (κ1) is 16.7. The van der Waals surface area contributed by atoms with Crippen molar-refractivity contribution in [3.63, 3.8) is 0 Å². The van der Waals surface area contributed by atoms with Gasteiger partial charge >= 0.3 is 0 Å². The molecule has 0 heterocycles. The predicted molar refractivity (Wildman–Crippen MR) is 97.9 cm³/mol. The van der Waals surface area contributed by atoms with Crippen molar-refractivity contribution in [2.75, 3.05) is 7.05 Å². The SMILES string of the molecule is CNC(c1ccc(C(C)(C)C)cc1)c1cc(Br)cc(Br)c1. The van der Waals surface area contributed by atoms with Crippen molar-refractivity contribution in [3.8, 4) is 0 Å². The van der Waals surface area contributed by atoms with Crippen LogP contribution in [0.1, 0.15) is 43.5 Å². The fourth-order valence-corrected chi connectivity index (χ4v) is 3.77. The Bertz CT molecular complexity index is 592. The fourth-order valence-electron chi connectivity index (χ4n) is 2.44. The van der Waals surface area contributed by atoms with E-state index in [0.29, 0.717) is 0 Å². The third-order valence-electron chi connectivity index (χ3n) is 3.62. The van der Waals surface area contributed by atoms with E-state index < -0.39 is 0 Å². The highest BCUT2D eigenvalue weighted by Gasteiger charge is 2.16. The second kappa shape index (κ2) is 6.64. The third kappa shape index (κ3) is 4.18. The van der Waals surface area contributed by atoms with Crippen LogP contribution in [-0.2, 0) is 5.41 Å². The van der Waals surface area contributed by atoms with E-state index in [1.165, 1.54) is 16.7 Å². The molecule has 0 amide bonds. The summed E-state index contributed by atoms with van der Waals surface area (Å²) in [5, 5.41) is 3.41. The smallest absolute Gasteiger partial charge is 0.0575 e. The molecule has 3 heteroatoms. The molecule has 1 atom stereocenters. The number of nitrogens with one attached hydrogen (secondary N) is 1. The van der Waals surface area contributed by atoms with Crippen molar-refractivity contribution >= 4 is 31.9 Å². The van der Waals surface area contributed by atoms with Crippen LogP contribution >= 0.6 is 31.9 Å². The first-order chi connectivity index (χ1) is 9.81.